The summed E-state index contributed by atoms with van der Waals surface area (Å²) in [5, 5.41) is 12.9. The number of aromatic nitrogens is 6. The number of hydrogen-bond donors (Lipinski definition) is 1. The van der Waals surface area contributed by atoms with Crippen LogP contribution in [0.25, 0.3) is 77.7 Å². The molecule has 8 heteroatoms. The molecule has 0 unspecified atom stereocenters. The number of carboxylic acids is 1. The molecule has 0 aliphatic heterocycles. The van der Waals surface area contributed by atoms with Crippen LogP contribution in [0.3, 0.4) is 0 Å². The summed E-state index contributed by atoms with van der Waals surface area (Å²) in [5.41, 5.74) is 9.06. The summed E-state index contributed by atoms with van der Waals surface area (Å²) in [4.78, 5) is 36.9. The summed E-state index contributed by atoms with van der Waals surface area (Å²) in [6.45, 7) is 0. The van der Waals surface area contributed by atoms with Crippen LogP contribution in [0.5, 0.6) is 0 Å². The first kappa shape index (κ1) is 29.8. The minimum atomic E-state index is -1.01. The van der Waals surface area contributed by atoms with Crippen molar-refractivity contribution in [1.82, 2.24) is 29.5 Å². The molecule has 242 valence electrons. The zero-order valence-corrected chi connectivity index (χ0v) is 27.2. The van der Waals surface area contributed by atoms with Gasteiger partial charge in [-0.05, 0) is 85.1 Å². The van der Waals surface area contributed by atoms with Crippen molar-refractivity contribution in [2.75, 3.05) is 0 Å². The third-order valence-electron chi connectivity index (χ3n) is 9.91. The normalized spacial score (nSPS) is 13.7. The molecule has 5 heterocycles. The highest BCUT2D eigenvalue weighted by molar-refractivity contribution is 6.12. The molecule has 1 aliphatic carbocycles. The molecule has 9 rings (SSSR count). The van der Waals surface area contributed by atoms with Crippen LogP contribution in [0.15, 0.2) is 122 Å². The molecule has 1 aliphatic rings. The number of pyridine rings is 4. The lowest BCUT2D eigenvalue weighted by Gasteiger charge is -2.26. The highest BCUT2D eigenvalue weighted by Crippen LogP contribution is 2.44. The van der Waals surface area contributed by atoms with E-state index in [1.165, 1.54) is 6.42 Å². The Morgan fingerprint density at radius 1 is 0.680 bits per heavy atom. The van der Waals surface area contributed by atoms with Crippen LogP contribution in [-0.4, -0.2) is 40.6 Å². The fraction of sp³-hybridized carbons (Fsp3) is 0.143. The molecule has 0 bridgehead atoms. The van der Waals surface area contributed by atoms with Crippen molar-refractivity contribution < 1.29 is 9.90 Å². The van der Waals surface area contributed by atoms with Crippen molar-refractivity contribution in [3.05, 3.63) is 128 Å². The maximum absolute atomic E-state index is 13.4. The molecule has 50 heavy (non-hydrogen) atoms. The summed E-state index contributed by atoms with van der Waals surface area (Å²) >= 11 is 0. The van der Waals surface area contributed by atoms with Gasteiger partial charge in [0.2, 0.25) is 0 Å². The molecule has 5 aromatic heterocycles. The van der Waals surface area contributed by atoms with E-state index in [9.17, 15) is 9.90 Å². The molecule has 8 aromatic rings. The van der Waals surface area contributed by atoms with Gasteiger partial charge < -0.3 is 9.67 Å². The monoisotopic (exact) mass is 652 g/mol. The molecule has 0 amide bonds. The Hall–Kier alpha value is -6.28. The lowest BCUT2D eigenvalue weighted by molar-refractivity contribution is 0.0698. The average molecular weight is 653 g/mol. The van der Waals surface area contributed by atoms with E-state index in [0.29, 0.717) is 16.6 Å². The number of rotatable bonds is 6. The predicted octanol–water partition coefficient (Wildman–Crippen LogP) is 9.79. The molecular weight excluding hydrogens is 621 g/mol. The number of imidazole rings is 1. The second-order valence-corrected chi connectivity index (χ2v) is 12.9. The van der Waals surface area contributed by atoms with Crippen LogP contribution in [0.4, 0.5) is 0 Å². The lowest BCUT2D eigenvalue weighted by atomic mass is 9.89. The van der Waals surface area contributed by atoms with Gasteiger partial charge in [-0.15, -0.1) is 0 Å². The first-order chi connectivity index (χ1) is 24.6. The van der Waals surface area contributed by atoms with Crippen LogP contribution < -0.4 is 0 Å². The van der Waals surface area contributed by atoms with E-state index in [1.54, 1.807) is 24.8 Å². The van der Waals surface area contributed by atoms with Crippen LogP contribution >= 0.6 is 0 Å². The molecule has 1 saturated carbocycles. The highest BCUT2D eigenvalue weighted by Gasteiger charge is 2.29. The largest absolute Gasteiger partial charge is 0.478 e. The number of hydrogen-bond acceptors (Lipinski definition) is 6. The molecule has 1 N–H and O–H groups in total. The average Bonchev–Trinajstić information content (AvgIpc) is 3.57. The number of fused-ring (bicyclic) bond motifs is 3. The Kier molecular flexibility index (Phi) is 7.34. The third-order valence-corrected chi connectivity index (χ3v) is 9.91. The van der Waals surface area contributed by atoms with Crippen LogP contribution in [0.1, 0.15) is 48.5 Å². The summed E-state index contributed by atoms with van der Waals surface area (Å²) in [6, 6.07) is 30.2. The fourth-order valence-corrected chi connectivity index (χ4v) is 7.57. The fourth-order valence-electron chi connectivity index (χ4n) is 7.57. The van der Waals surface area contributed by atoms with E-state index < -0.39 is 5.97 Å². The number of carboxylic acid groups (broad SMARTS) is 1. The van der Waals surface area contributed by atoms with Crippen molar-refractivity contribution in [2.45, 2.75) is 38.1 Å². The van der Waals surface area contributed by atoms with E-state index in [1.807, 2.05) is 72.9 Å². The second-order valence-electron chi connectivity index (χ2n) is 12.9. The lowest BCUT2D eigenvalue weighted by Crippen LogP contribution is -2.14. The van der Waals surface area contributed by atoms with E-state index in [2.05, 4.69) is 43.8 Å². The Morgan fingerprint density at radius 3 is 2.18 bits per heavy atom. The van der Waals surface area contributed by atoms with Crippen LogP contribution in [0, 0.1) is 0 Å². The maximum Gasteiger partial charge on any atom is 0.337 e. The topological polar surface area (TPSA) is 107 Å². The minimum absolute atomic E-state index is 0.208. The summed E-state index contributed by atoms with van der Waals surface area (Å²) in [7, 11) is 0. The number of benzene rings is 3. The molecule has 0 spiro atoms. The van der Waals surface area contributed by atoms with E-state index >= 15 is 0 Å². The molecule has 3 aromatic carbocycles. The van der Waals surface area contributed by atoms with Gasteiger partial charge in [0, 0.05) is 75.6 Å². The molecule has 0 radical (unpaired) electrons. The predicted molar refractivity (Wildman–Crippen MR) is 197 cm³/mol. The first-order valence-corrected chi connectivity index (χ1v) is 17.0. The first-order valence-electron chi connectivity index (χ1n) is 17.0. The molecular formula is C42H32N6O2. The molecule has 1 fully saturated rings. The Balaban J connectivity index is 1.33. The number of nitrogens with zero attached hydrogens (tertiary/aromatic N) is 6. The quantitative estimate of drug-likeness (QED) is 0.191. The highest BCUT2D eigenvalue weighted by atomic mass is 16.4. The van der Waals surface area contributed by atoms with Gasteiger partial charge in [0.1, 0.15) is 5.82 Å². The van der Waals surface area contributed by atoms with Gasteiger partial charge in [0.25, 0.3) is 0 Å². The van der Waals surface area contributed by atoms with Gasteiger partial charge in [-0.25, -0.2) is 14.8 Å². The van der Waals surface area contributed by atoms with Crippen molar-refractivity contribution in [2.24, 2.45) is 0 Å². The van der Waals surface area contributed by atoms with Crippen LogP contribution in [0.2, 0.25) is 0 Å². The van der Waals surface area contributed by atoms with Crippen molar-refractivity contribution in [1.29, 1.82) is 0 Å². The molecule has 0 saturated heterocycles. The minimum Gasteiger partial charge on any atom is -0.478 e. The van der Waals surface area contributed by atoms with Crippen molar-refractivity contribution in [3.8, 4) is 44.9 Å². The van der Waals surface area contributed by atoms with Gasteiger partial charge in [-0.2, -0.15) is 0 Å². The zero-order valence-electron chi connectivity index (χ0n) is 27.2. The SMILES string of the molecule is O=C(O)c1c(-c2cccnc2)cc2c(nc(-c3ccc4nc(-c5cccnc5)ccc4c3)n2C2CCCCC2)c1-c1ccc2ncccc2c1. The van der Waals surface area contributed by atoms with Gasteiger partial charge in [0.15, 0.2) is 0 Å². The maximum atomic E-state index is 13.4. The summed E-state index contributed by atoms with van der Waals surface area (Å²) in [5.74, 6) is -0.185. The Bertz CT molecular complexity index is 2560. The van der Waals surface area contributed by atoms with E-state index in [4.69, 9.17) is 9.97 Å². The Labute approximate surface area is 288 Å². The van der Waals surface area contributed by atoms with E-state index in [0.717, 1.165) is 86.8 Å². The smallest absolute Gasteiger partial charge is 0.337 e. The molecule has 8 nitrogen and oxygen atoms in total. The number of aromatic carboxylic acids is 1. The Morgan fingerprint density at radius 2 is 1.40 bits per heavy atom. The molecule has 0 atom stereocenters. The van der Waals surface area contributed by atoms with Gasteiger partial charge in [0.05, 0.1) is 33.3 Å². The van der Waals surface area contributed by atoms with Crippen molar-refractivity contribution >= 4 is 38.8 Å². The van der Waals surface area contributed by atoms with Crippen molar-refractivity contribution in [3.63, 3.8) is 0 Å². The summed E-state index contributed by atoms with van der Waals surface area (Å²) < 4.78 is 2.38. The van der Waals surface area contributed by atoms with Crippen LogP contribution in [-0.2, 0) is 0 Å². The van der Waals surface area contributed by atoms with E-state index in [-0.39, 0.29) is 11.6 Å². The van der Waals surface area contributed by atoms with Gasteiger partial charge in [-0.1, -0.05) is 43.5 Å². The van der Waals surface area contributed by atoms with Gasteiger partial charge >= 0.3 is 5.97 Å². The second kappa shape index (κ2) is 12.3. The zero-order chi connectivity index (χ0) is 33.6. The number of carbonyl (C=O) groups is 1. The third kappa shape index (κ3) is 5.17. The summed E-state index contributed by atoms with van der Waals surface area (Å²) in [6.07, 6.45) is 14.3. The standard InChI is InChI=1S/C42H32N6O2/c49-42(50)39-33(30-8-4-18-43-24-30)23-37-40(38(39)28-13-15-34-26(21-28)7-6-20-45-34)47-41(48(37)32-10-2-1-3-11-32)29-14-17-35-27(22-29)12-16-36(46-35)31-9-5-19-44-25-31/h4-9,12-25,32H,1-3,10-11H2,(H,49,50). The van der Waals surface area contributed by atoms with Gasteiger partial charge in [-0.3, -0.25) is 15.0 Å².